The lowest BCUT2D eigenvalue weighted by Gasteiger charge is -2.27. The van der Waals surface area contributed by atoms with Gasteiger partial charge in [-0.25, -0.2) is 4.99 Å². The molecule has 1 unspecified atom stereocenters. The van der Waals surface area contributed by atoms with Gasteiger partial charge in [-0.05, 0) is 59.7 Å². The first-order chi connectivity index (χ1) is 11.9. The molecule has 1 aliphatic rings. The lowest BCUT2D eigenvalue weighted by atomic mass is 9.96. The van der Waals surface area contributed by atoms with Crippen molar-refractivity contribution in [2.24, 2.45) is 4.99 Å². The van der Waals surface area contributed by atoms with Crippen LogP contribution in [0.3, 0.4) is 0 Å². The zero-order chi connectivity index (χ0) is 18.3. The number of hydrogen-bond acceptors (Lipinski definition) is 4. The summed E-state index contributed by atoms with van der Waals surface area (Å²) in [4.78, 5) is 7.07. The van der Waals surface area contributed by atoms with Crippen molar-refractivity contribution >= 4 is 5.96 Å². The summed E-state index contributed by atoms with van der Waals surface area (Å²) < 4.78 is 5.54. The Balaban J connectivity index is 1.90. The van der Waals surface area contributed by atoms with Crippen LogP contribution in [0.25, 0.3) is 0 Å². The third-order valence-corrected chi connectivity index (χ3v) is 4.68. The zero-order valence-corrected chi connectivity index (χ0v) is 16.2. The van der Waals surface area contributed by atoms with Crippen LogP contribution in [0.15, 0.2) is 15.5 Å². The summed E-state index contributed by atoms with van der Waals surface area (Å²) in [5.41, 5.74) is -0.241. The highest BCUT2D eigenvalue weighted by atomic mass is 16.3. The smallest absolute Gasteiger partial charge is 0.191 e. The van der Waals surface area contributed by atoms with E-state index in [9.17, 15) is 5.11 Å². The molecule has 6 heteroatoms. The number of nitrogens with one attached hydrogen (secondary N) is 2. The van der Waals surface area contributed by atoms with Crippen LogP contribution in [0.4, 0.5) is 0 Å². The summed E-state index contributed by atoms with van der Waals surface area (Å²) in [5, 5.41) is 17.4. The Bertz CT molecular complexity index is 560. The van der Waals surface area contributed by atoms with Gasteiger partial charge in [-0.15, -0.1) is 0 Å². The molecule has 0 amide bonds. The third kappa shape index (κ3) is 6.04. The predicted molar refractivity (Wildman–Crippen MR) is 102 cm³/mol. The number of likely N-dealkylation sites (tertiary alicyclic amines) is 1. The van der Waals surface area contributed by atoms with Crippen LogP contribution in [0.5, 0.6) is 0 Å². The maximum atomic E-state index is 10.8. The van der Waals surface area contributed by atoms with Crippen LogP contribution in [-0.4, -0.2) is 55.2 Å². The van der Waals surface area contributed by atoms with Crippen molar-refractivity contribution in [1.29, 1.82) is 0 Å². The van der Waals surface area contributed by atoms with Gasteiger partial charge in [-0.1, -0.05) is 6.42 Å². The normalized spacial score (nSPS) is 18.8. The Labute approximate surface area is 151 Å². The van der Waals surface area contributed by atoms with E-state index >= 15 is 0 Å². The van der Waals surface area contributed by atoms with Crippen molar-refractivity contribution in [3.8, 4) is 0 Å². The van der Waals surface area contributed by atoms with Gasteiger partial charge in [0.15, 0.2) is 5.96 Å². The predicted octanol–water partition coefficient (Wildman–Crippen LogP) is 2.14. The molecule has 0 radical (unpaired) electrons. The van der Waals surface area contributed by atoms with Gasteiger partial charge < -0.3 is 25.1 Å². The van der Waals surface area contributed by atoms with Crippen molar-refractivity contribution in [3.63, 3.8) is 0 Å². The second kappa shape index (κ2) is 9.25. The number of aliphatic hydroxyl groups is 1. The molecule has 3 N–H and O–H groups in total. The van der Waals surface area contributed by atoms with Gasteiger partial charge in [-0.3, -0.25) is 0 Å². The number of piperidine rings is 1. The van der Waals surface area contributed by atoms with E-state index in [1.807, 2.05) is 26.8 Å². The molecule has 1 fully saturated rings. The molecule has 0 bridgehead atoms. The fourth-order valence-corrected chi connectivity index (χ4v) is 3.34. The minimum atomic E-state index is -1.04. The minimum absolute atomic E-state index is 0.284. The highest BCUT2D eigenvalue weighted by Gasteiger charge is 2.27. The quantitative estimate of drug-likeness (QED) is 0.519. The van der Waals surface area contributed by atoms with Crippen molar-refractivity contribution in [1.82, 2.24) is 15.5 Å². The maximum absolute atomic E-state index is 10.8. The average Bonchev–Trinajstić information content (AvgIpc) is 2.93. The number of aliphatic imine (C=N–C) groups is 1. The summed E-state index contributed by atoms with van der Waals surface area (Å²) in [6, 6.07) is 1.89. The third-order valence-electron chi connectivity index (χ3n) is 4.68. The average molecular weight is 351 g/mol. The standard InChI is InChI=1S/C19H34N4O2/c1-5-20-18(21-9-12-23-10-7-6-8-11-23)22-14-19(4,24)17-13-15(2)25-16(17)3/h13,24H,5-12,14H2,1-4H3,(H2,20,21,22). The molecule has 6 nitrogen and oxygen atoms in total. The highest BCUT2D eigenvalue weighted by Crippen LogP contribution is 2.27. The summed E-state index contributed by atoms with van der Waals surface area (Å²) in [7, 11) is 0. The summed E-state index contributed by atoms with van der Waals surface area (Å²) in [5.74, 6) is 2.31. The largest absolute Gasteiger partial charge is 0.466 e. The van der Waals surface area contributed by atoms with E-state index in [1.54, 1.807) is 6.92 Å². The summed E-state index contributed by atoms with van der Waals surface area (Å²) in [6.07, 6.45) is 3.97. The molecule has 0 saturated carbocycles. The first-order valence-electron chi connectivity index (χ1n) is 9.47. The van der Waals surface area contributed by atoms with Crippen LogP contribution < -0.4 is 10.6 Å². The van der Waals surface area contributed by atoms with Gasteiger partial charge in [0, 0.05) is 25.2 Å². The van der Waals surface area contributed by atoms with E-state index in [0.717, 1.165) is 42.7 Å². The summed E-state index contributed by atoms with van der Waals surface area (Å²) >= 11 is 0. The molecular weight excluding hydrogens is 316 g/mol. The fourth-order valence-electron chi connectivity index (χ4n) is 3.34. The first-order valence-corrected chi connectivity index (χ1v) is 9.47. The highest BCUT2D eigenvalue weighted by molar-refractivity contribution is 5.79. The van der Waals surface area contributed by atoms with Crippen molar-refractivity contribution in [2.45, 2.75) is 52.6 Å². The van der Waals surface area contributed by atoms with Crippen LogP contribution >= 0.6 is 0 Å². The summed E-state index contributed by atoms with van der Waals surface area (Å²) in [6.45, 7) is 13.0. The molecule has 1 aromatic rings. The molecule has 1 aromatic heterocycles. The van der Waals surface area contributed by atoms with Crippen molar-refractivity contribution in [2.75, 3.05) is 39.3 Å². The molecule has 1 atom stereocenters. The van der Waals surface area contributed by atoms with E-state index in [0.29, 0.717) is 0 Å². The van der Waals surface area contributed by atoms with Crippen molar-refractivity contribution in [3.05, 3.63) is 23.2 Å². The molecule has 1 saturated heterocycles. The molecule has 142 valence electrons. The van der Waals surface area contributed by atoms with Crippen LogP contribution in [0, 0.1) is 13.8 Å². The lowest BCUT2D eigenvalue weighted by Crippen LogP contribution is -2.43. The number of furan rings is 1. The molecule has 2 heterocycles. The van der Waals surface area contributed by atoms with E-state index in [1.165, 1.54) is 32.4 Å². The maximum Gasteiger partial charge on any atom is 0.191 e. The Morgan fingerprint density at radius 3 is 2.60 bits per heavy atom. The van der Waals surface area contributed by atoms with E-state index in [-0.39, 0.29) is 6.54 Å². The molecule has 0 spiro atoms. The number of rotatable bonds is 7. The molecular formula is C19H34N4O2. The molecule has 0 aliphatic carbocycles. The van der Waals surface area contributed by atoms with Gasteiger partial charge in [0.25, 0.3) is 0 Å². The number of guanidine groups is 1. The SMILES string of the molecule is CCNC(=NCC(C)(O)c1cc(C)oc1C)NCCN1CCCCC1. The van der Waals surface area contributed by atoms with E-state index in [4.69, 9.17) is 4.42 Å². The first kappa shape index (κ1) is 19.8. The van der Waals surface area contributed by atoms with Gasteiger partial charge in [-0.2, -0.15) is 0 Å². The second-order valence-corrected chi connectivity index (χ2v) is 7.13. The van der Waals surface area contributed by atoms with Crippen LogP contribution in [-0.2, 0) is 5.60 Å². The minimum Gasteiger partial charge on any atom is -0.466 e. The van der Waals surface area contributed by atoms with Crippen LogP contribution in [0.2, 0.25) is 0 Å². The number of aryl methyl sites for hydroxylation is 2. The number of nitrogens with zero attached hydrogens (tertiary/aromatic N) is 2. The van der Waals surface area contributed by atoms with E-state index < -0.39 is 5.60 Å². The van der Waals surface area contributed by atoms with Gasteiger partial charge in [0.05, 0.1) is 6.54 Å². The Kier molecular flexibility index (Phi) is 7.32. The zero-order valence-electron chi connectivity index (χ0n) is 16.2. The molecule has 1 aliphatic heterocycles. The van der Waals surface area contributed by atoms with Crippen LogP contribution in [0.1, 0.15) is 50.2 Å². The molecule has 25 heavy (non-hydrogen) atoms. The second-order valence-electron chi connectivity index (χ2n) is 7.13. The van der Waals surface area contributed by atoms with Gasteiger partial charge in [0.1, 0.15) is 17.1 Å². The molecule has 0 aromatic carbocycles. The fraction of sp³-hybridized carbons (Fsp3) is 0.737. The Morgan fingerprint density at radius 1 is 1.28 bits per heavy atom. The van der Waals surface area contributed by atoms with E-state index in [2.05, 4.69) is 20.5 Å². The number of hydrogen-bond donors (Lipinski definition) is 3. The van der Waals surface area contributed by atoms with Gasteiger partial charge in [0.2, 0.25) is 0 Å². The monoisotopic (exact) mass is 350 g/mol. The van der Waals surface area contributed by atoms with Gasteiger partial charge >= 0.3 is 0 Å². The van der Waals surface area contributed by atoms with Crippen molar-refractivity contribution < 1.29 is 9.52 Å². The topological polar surface area (TPSA) is 73.0 Å². The lowest BCUT2D eigenvalue weighted by molar-refractivity contribution is 0.0657. The molecule has 2 rings (SSSR count). The Morgan fingerprint density at radius 2 is 2.00 bits per heavy atom. The Hall–Kier alpha value is -1.53.